The van der Waals surface area contributed by atoms with Crippen LogP contribution >= 0.6 is 0 Å². The topological polar surface area (TPSA) is 24.1 Å². The van der Waals surface area contributed by atoms with Gasteiger partial charge in [-0.05, 0) is 50.9 Å². The van der Waals surface area contributed by atoms with E-state index < -0.39 is 11.7 Å². The Hall–Kier alpha value is -1.23. The Labute approximate surface area is 111 Å². The van der Waals surface area contributed by atoms with Crippen molar-refractivity contribution in [3.8, 4) is 0 Å². The van der Waals surface area contributed by atoms with Crippen LogP contribution in [0.15, 0.2) is 24.3 Å². The molecule has 1 aromatic carbocycles. The minimum absolute atomic E-state index is 0.0244. The fourth-order valence-electron chi connectivity index (χ4n) is 2.52. The minimum atomic E-state index is -4.31. The van der Waals surface area contributed by atoms with Crippen molar-refractivity contribution in [1.29, 1.82) is 0 Å². The van der Waals surface area contributed by atoms with E-state index in [0.717, 1.165) is 32.0 Å². The van der Waals surface area contributed by atoms with E-state index in [1.165, 1.54) is 12.1 Å². The van der Waals surface area contributed by atoms with Crippen LogP contribution in [0, 0.1) is 5.92 Å². The molecule has 0 spiro atoms. The first-order valence-electron chi connectivity index (χ1n) is 6.62. The normalized spacial score (nSPS) is 22.0. The lowest BCUT2D eigenvalue weighted by Crippen LogP contribution is -2.39. The van der Waals surface area contributed by atoms with Crippen LogP contribution < -0.4 is 10.6 Å². The molecular formula is C14H19F3N2. The highest BCUT2D eigenvalue weighted by molar-refractivity contribution is 5.53. The number of piperidine rings is 1. The van der Waals surface area contributed by atoms with E-state index in [1.807, 2.05) is 6.92 Å². The van der Waals surface area contributed by atoms with Crippen LogP contribution in [0.25, 0.3) is 0 Å². The summed E-state index contributed by atoms with van der Waals surface area (Å²) >= 11 is 0. The quantitative estimate of drug-likeness (QED) is 0.880. The molecule has 1 aromatic rings. The molecule has 2 N–H and O–H groups in total. The van der Waals surface area contributed by atoms with E-state index in [4.69, 9.17) is 0 Å². The maximum absolute atomic E-state index is 12.9. The zero-order valence-electron chi connectivity index (χ0n) is 10.9. The first-order valence-corrected chi connectivity index (χ1v) is 6.62. The molecule has 0 radical (unpaired) electrons. The van der Waals surface area contributed by atoms with Gasteiger partial charge in [0.15, 0.2) is 0 Å². The highest BCUT2D eigenvalue weighted by atomic mass is 19.4. The summed E-state index contributed by atoms with van der Waals surface area (Å²) in [4.78, 5) is 0. The lowest BCUT2D eigenvalue weighted by Gasteiger charge is -2.30. The second-order valence-corrected chi connectivity index (χ2v) is 5.08. The molecular weight excluding hydrogens is 253 g/mol. The zero-order chi connectivity index (χ0) is 13.9. The van der Waals surface area contributed by atoms with Crippen molar-refractivity contribution in [3.63, 3.8) is 0 Å². The number of benzene rings is 1. The third kappa shape index (κ3) is 3.62. The number of nitrogens with one attached hydrogen (secondary N) is 2. The summed E-state index contributed by atoms with van der Waals surface area (Å²) in [5.41, 5.74) is -0.418. The van der Waals surface area contributed by atoms with Crippen LogP contribution in [0.3, 0.4) is 0 Å². The van der Waals surface area contributed by atoms with Crippen LogP contribution in [-0.4, -0.2) is 19.1 Å². The fourth-order valence-corrected chi connectivity index (χ4v) is 2.52. The van der Waals surface area contributed by atoms with Gasteiger partial charge in [-0.15, -0.1) is 0 Å². The monoisotopic (exact) mass is 272 g/mol. The Morgan fingerprint density at radius 2 is 2.05 bits per heavy atom. The number of halogens is 3. The number of hydrogen-bond donors (Lipinski definition) is 2. The van der Waals surface area contributed by atoms with Gasteiger partial charge in [-0.25, -0.2) is 0 Å². The highest BCUT2D eigenvalue weighted by Gasteiger charge is 2.33. The Morgan fingerprint density at radius 1 is 1.32 bits per heavy atom. The van der Waals surface area contributed by atoms with Crippen LogP contribution in [0.5, 0.6) is 0 Å². The first-order chi connectivity index (χ1) is 8.98. The Balaban J connectivity index is 2.10. The molecule has 2 nitrogen and oxygen atoms in total. The third-order valence-corrected chi connectivity index (χ3v) is 3.66. The maximum atomic E-state index is 12.9. The molecule has 1 heterocycles. The van der Waals surface area contributed by atoms with E-state index in [-0.39, 0.29) is 11.7 Å². The average Bonchev–Trinajstić information content (AvgIpc) is 2.39. The summed E-state index contributed by atoms with van der Waals surface area (Å²) in [6.45, 7) is 3.82. The van der Waals surface area contributed by atoms with Crippen LogP contribution in [-0.2, 0) is 6.18 Å². The molecule has 1 saturated heterocycles. The molecule has 2 unspecified atom stereocenters. The molecule has 1 aliphatic heterocycles. The number of anilines is 1. The SMILES string of the molecule is CC(Nc1ccccc1C(F)(F)F)C1CCCNC1. The summed E-state index contributed by atoms with van der Waals surface area (Å²) in [7, 11) is 0. The van der Waals surface area contributed by atoms with E-state index in [1.54, 1.807) is 6.07 Å². The van der Waals surface area contributed by atoms with Crippen molar-refractivity contribution in [2.75, 3.05) is 18.4 Å². The second-order valence-electron chi connectivity index (χ2n) is 5.08. The molecule has 1 fully saturated rings. The lowest BCUT2D eigenvalue weighted by molar-refractivity contribution is -0.137. The van der Waals surface area contributed by atoms with E-state index in [9.17, 15) is 13.2 Å². The molecule has 2 atom stereocenters. The predicted molar refractivity (Wildman–Crippen MR) is 70.1 cm³/mol. The van der Waals surface area contributed by atoms with Crippen molar-refractivity contribution in [3.05, 3.63) is 29.8 Å². The van der Waals surface area contributed by atoms with Gasteiger partial charge in [0.1, 0.15) is 0 Å². The summed E-state index contributed by atoms with van der Waals surface area (Å²) < 4.78 is 38.7. The second kappa shape index (κ2) is 5.82. The van der Waals surface area contributed by atoms with Crippen molar-refractivity contribution in [2.24, 2.45) is 5.92 Å². The average molecular weight is 272 g/mol. The largest absolute Gasteiger partial charge is 0.418 e. The number of hydrogen-bond acceptors (Lipinski definition) is 2. The van der Waals surface area contributed by atoms with E-state index in [2.05, 4.69) is 10.6 Å². The molecule has 19 heavy (non-hydrogen) atoms. The van der Waals surface area contributed by atoms with Crippen molar-refractivity contribution < 1.29 is 13.2 Å². The number of rotatable bonds is 3. The maximum Gasteiger partial charge on any atom is 0.418 e. The summed E-state index contributed by atoms with van der Waals surface area (Å²) in [5.74, 6) is 0.370. The van der Waals surface area contributed by atoms with Crippen molar-refractivity contribution >= 4 is 5.69 Å². The van der Waals surface area contributed by atoms with Crippen LogP contribution in [0.1, 0.15) is 25.3 Å². The molecule has 2 rings (SSSR count). The molecule has 0 aliphatic carbocycles. The predicted octanol–water partition coefficient (Wildman–Crippen LogP) is 3.51. The third-order valence-electron chi connectivity index (χ3n) is 3.66. The lowest BCUT2D eigenvalue weighted by atomic mass is 9.92. The van der Waals surface area contributed by atoms with Crippen LogP contribution in [0.2, 0.25) is 0 Å². The zero-order valence-corrected chi connectivity index (χ0v) is 10.9. The fraction of sp³-hybridized carbons (Fsp3) is 0.571. The standard InChI is InChI=1S/C14H19F3N2/c1-10(11-5-4-8-18-9-11)19-13-7-3-2-6-12(13)14(15,16)17/h2-3,6-7,10-11,18-19H,4-5,8-9H2,1H3. The summed E-state index contributed by atoms with van der Waals surface area (Å²) in [5, 5.41) is 6.31. The Morgan fingerprint density at radius 3 is 2.68 bits per heavy atom. The Kier molecular flexibility index (Phi) is 4.34. The smallest absolute Gasteiger partial charge is 0.382 e. The molecule has 1 aliphatic rings. The van der Waals surface area contributed by atoms with Crippen molar-refractivity contribution in [2.45, 2.75) is 32.0 Å². The van der Waals surface area contributed by atoms with Gasteiger partial charge in [-0.1, -0.05) is 12.1 Å². The van der Waals surface area contributed by atoms with Crippen molar-refractivity contribution in [1.82, 2.24) is 5.32 Å². The van der Waals surface area contributed by atoms with Gasteiger partial charge in [-0.2, -0.15) is 13.2 Å². The van der Waals surface area contributed by atoms with E-state index in [0.29, 0.717) is 5.92 Å². The van der Waals surface area contributed by atoms with Gasteiger partial charge in [0, 0.05) is 11.7 Å². The molecule has 0 bridgehead atoms. The van der Waals surface area contributed by atoms with Gasteiger partial charge in [0.05, 0.1) is 5.56 Å². The van der Waals surface area contributed by atoms with Gasteiger partial charge in [0.2, 0.25) is 0 Å². The van der Waals surface area contributed by atoms with Gasteiger partial charge in [-0.3, -0.25) is 0 Å². The first kappa shape index (κ1) is 14.2. The number of alkyl halides is 3. The minimum Gasteiger partial charge on any atom is -0.382 e. The highest BCUT2D eigenvalue weighted by Crippen LogP contribution is 2.35. The summed E-state index contributed by atoms with van der Waals surface area (Å²) in [6, 6.07) is 5.69. The van der Waals surface area contributed by atoms with Gasteiger partial charge < -0.3 is 10.6 Å². The van der Waals surface area contributed by atoms with Crippen LogP contribution in [0.4, 0.5) is 18.9 Å². The molecule has 0 saturated carbocycles. The molecule has 0 aromatic heterocycles. The number of para-hydroxylation sites is 1. The summed E-state index contributed by atoms with van der Waals surface area (Å²) in [6.07, 6.45) is -2.18. The molecule has 0 amide bonds. The van der Waals surface area contributed by atoms with Gasteiger partial charge >= 0.3 is 6.18 Å². The van der Waals surface area contributed by atoms with Gasteiger partial charge in [0.25, 0.3) is 0 Å². The van der Waals surface area contributed by atoms with E-state index >= 15 is 0 Å². The molecule has 106 valence electrons. The Bertz CT molecular complexity index is 411. The molecule has 5 heteroatoms.